The quantitative estimate of drug-likeness (QED) is 0.792. The first-order valence-electron chi connectivity index (χ1n) is 5.78. The van der Waals surface area contributed by atoms with Crippen molar-refractivity contribution >= 4 is 16.8 Å². The van der Waals surface area contributed by atoms with E-state index >= 15 is 0 Å². The lowest BCUT2D eigenvalue weighted by molar-refractivity contribution is 0.107. The van der Waals surface area contributed by atoms with Crippen molar-refractivity contribution in [2.45, 2.75) is 20.8 Å². The summed E-state index contributed by atoms with van der Waals surface area (Å²) >= 11 is 5.37. The zero-order chi connectivity index (χ0) is 14.2. The summed E-state index contributed by atoms with van der Waals surface area (Å²) in [7, 11) is 0. The fourth-order valence-electron chi connectivity index (χ4n) is 1.97. The highest BCUT2D eigenvalue weighted by Crippen LogP contribution is 2.16. The molecule has 0 saturated heterocycles. The first-order valence-corrected chi connectivity index (χ1v) is 6.16. The Kier molecular flexibility index (Phi) is 3.53. The molecule has 0 fully saturated rings. The lowest BCUT2D eigenvalue weighted by Crippen LogP contribution is -2.21. The molecule has 5 heteroatoms. The third-order valence-corrected chi connectivity index (χ3v) is 3.05. The van der Waals surface area contributed by atoms with Gasteiger partial charge in [0.05, 0.1) is 5.69 Å². The summed E-state index contributed by atoms with van der Waals surface area (Å²) in [5, 5.41) is 3.21. The average Bonchev–Trinajstić information content (AvgIpc) is 2.30. The summed E-state index contributed by atoms with van der Waals surface area (Å²) in [5.74, 6) is 0. The zero-order valence-corrected chi connectivity index (χ0v) is 11.7. The van der Waals surface area contributed by atoms with Crippen molar-refractivity contribution in [2.24, 2.45) is 0 Å². The minimum Gasteiger partial charge on any atom is -0.287 e. The topological polar surface area (TPSA) is 52.0 Å². The molecule has 1 heterocycles. The molecule has 0 atom stereocenters. The number of hydrogen-bond donors (Lipinski definition) is 0. The van der Waals surface area contributed by atoms with E-state index < -0.39 is 10.7 Å². The van der Waals surface area contributed by atoms with Crippen LogP contribution in [0.2, 0.25) is 0 Å². The van der Waals surface area contributed by atoms with E-state index in [1.54, 1.807) is 11.6 Å². The Bertz CT molecular complexity index is 720. The number of carbonyl (C=O) groups is 1. The Morgan fingerprint density at radius 2 is 1.89 bits per heavy atom. The van der Waals surface area contributed by atoms with Crippen LogP contribution in [0.3, 0.4) is 0 Å². The van der Waals surface area contributed by atoms with Gasteiger partial charge in [0.2, 0.25) is 5.43 Å². The van der Waals surface area contributed by atoms with Gasteiger partial charge in [0.25, 0.3) is 5.24 Å². The van der Waals surface area contributed by atoms with Crippen molar-refractivity contribution in [1.29, 1.82) is 0 Å². The first kappa shape index (κ1) is 13.5. The van der Waals surface area contributed by atoms with Crippen LogP contribution in [0.25, 0.3) is 5.69 Å². The van der Waals surface area contributed by atoms with Crippen molar-refractivity contribution in [3.05, 3.63) is 57.0 Å². The minimum absolute atomic E-state index is 0.257. The van der Waals surface area contributed by atoms with Gasteiger partial charge in [-0.2, -0.15) is 5.10 Å². The lowest BCUT2D eigenvalue weighted by Gasteiger charge is -2.13. The van der Waals surface area contributed by atoms with Gasteiger partial charge in [-0.1, -0.05) is 17.7 Å². The summed E-state index contributed by atoms with van der Waals surface area (Å²) in [5.41, 5.74) is 2.90. The van der Waals surface area contributed by atoms with E-state index in [0.717, 1.165) is 16.8 Å². The lowest BCUT2D eigenvalue weighted by atomic mass is 10.1. The maximum atomic E-state index is 11.6. The van der Waals surface area contributed by atoms with Gasteiger partial charge in [-0.25, -0.2) is 4.68 Å². The molecule has 0 unspecified atom stereocenters. The molecule has 0 N–H and O–H groups in total. The average molecular weight is 277 g/mol. The van der Waals surface area contributed by atoms with E-state index in [1.807, 2.05) is 32.0 Å². The molecule has 0 bridgehead atoms. The Morgan fingerprint density at radius 3 is 2.47 bits per heavy atom. The number of hydrogen-bond acceptors (Lipinski definition) is 3. The van der Waals surface area contributed by atoms with E-state index in [1.165, 1.54) is 6.07 Å². The number of nitrogens with zero attached hydrogens (tertiary/aromatic N) is 2. The minimum atomic E-state index is -0.844. The predicted octanol–water partition coefficient (Wildman–Crippen LogP) is 2.54. The largest absolute Gasteiger partial charge is 0.287 e. The van der Waals surface area contributed by atoms with Gasteiger partial charge < -0.3 is 0 Å². The molecule has 2 rings (SSSR count). The molecule has 0 aliphatic heterocycles. The number of aryl methyl sites for hydroxylation is 3. The SMILES string of the molecule is Cc1ccc(-n2nc(C(=O)Cl)c(=O)cc2C)c(C)c1. The van der Waals surface area contributed by atoms with Gasteiger partial charge in [0.15, 0.2) is 5.69 Å². The molecule has 0 aliphatic carbocycles. The van der Waals surface area contributed by atoms with Gasteiger partial charge >= 0.3 is 0 Å². The van der Waals surface area contributed by atoms with Crippen LogP contribution in [0.15, 0.2) is 29.1 Å². The van der Waals surface area contributed by atoms with Crippen LogP contribution in [-0.4, -0.2) is 15.0 Å². The Labute approximate surface area is 115 Å². The summed E-state index contributed by atoms with van der Waals surface area (Å²) in [6.45, 7) is 5.70. The van der Waals surface area contributed by atoms with Crippen LogP contribution in [0.5, 0.6) is 0 Å². The highest BCUT2D eigenvalue weighted by atomic mass is 35.5. The molecule has 19 heavy (non-hydrogen) atoms. The van der Waals surface area contributed by atoms with Crippen LogP contribution in [0.4, 0.5) is 0 Å². The summed E-state index contributed by atoms with van der Waals surface area (Å²) in [6, 6.07) is 7.22. The second-order valence-corrected chi connectivity index (χ2v) is 4.82. The molecule has 0 spiro atoms. The third kappa shape index (κ3) is 2.58. The predicted molar refractivity (Wildman–Crippen MR) is 74.2 cm³/mol. The van der Waals surface area contributed by atoms with E-state index in [9.17, 15) is 9.59 Å². The normalized spacial score (nSPS) is 10.5. The van der Waals surface area contributed by atoms with Crippen molar-refractivity contribution in [3.63, 3.8) is 0 Å². The molecular formula is C14H13ClN2O2. The van der Waals surface area contributed by atoms with Gasteiger partial charge in [-0.3, -0.25) is 9.59 Å². The highest BCUT2D eigenvalue weighted by Gasteiger charge is 2.13. The molecule has 0 radical (unpaired) electrons. The van der Waals surface area contributed by atoms with E-state index in [4.69, 9.17) is 11.6 Å². The van der Waals surface area contributed by atoms with Gasteiger partial charge in [-0.15, -0.1) is 0 Å². The molecule has 0 saturated carbocycles. The molecule has 98 valence electrons. The smallest absolute Gasteiger partial charge is 0.276 e. The summed E-state index contributed by atoms with van der Waals surface area (Å²) in [6.07, 6.45) is 0. The van der Waals surface area contributed by atoms with Crippen molar-refractivity contribution < 1.29 is 4.79 Å². The Balaban J connectivity index is 2.71. The van der Waals surface area contributed by atoms with Crippen LogP contribution >= 0.6 is 11.6 Å². The van der Waals surface area contributed by atoms with Crippen LogP contribution in [0.1, 0.15) is 27.3 Å². The van der Waals surface area contributed by atoms with Crippen molar-refractivity contribution in [3.8, 4) is 5.69 Å². The van der Waals surface area contributed by atoms with Crippen LogP contribution < -0.4 is 5.43 Å². The molecule has 0 amide bonds. The summed E-state index contributed by atoms with van der Waals surface area (Å²) in [4.78, 5) is 22.8. The fraction of sp³-hybridized carbons (Fsp3) is 0.214. The third-order valence-electron chi connectivity index (χ3n) is 2.87. The van der Waals surface area contributed by atoms with E-state index in [2.05, 4.69) is 5.10 Å². The van der Waals surface area contributed by atoms with Crippen LogP contribution in [-0.2, 0) is 0 Å². The number of aromatic nitrogens is 2. The summed E-state index contributed by atoms with van der Waals surface area (Å²) < 4.78 is 1.56. The molecule has 0 aliphatic rings. The van der Waals surface area contributed by atoms with Crippen LogP contribution in [0, 0.1) is 20.8 Å². The standard InChI is InChI=1S/C14H13ClN2O2/c1-8-4-5-11(9(2)6-8)17-10(3)7-12(18)13(16-17)14(15)19/h4-7H,1-3H3. The number of rotatable bonds is 2. The van der Waals surface area contributed by atoms with E-state index in [-0.39, 0.29) is 5.69 Å². The van der Waals surface area contributed by atoms with Gasteiger partial charge in [0.1, 0.15) is 0 Å². The maximum absolute atomic E-state index is 11.6. The zero-order valence-electron chi connectivity index (χ0n) is 10.9. The number of halogens is 1. The van der Waals surface area contributed by atoms with Crippen molar-refractivity contribution in [1.82, 2.24) is 9.78 Å². The second-order valence-electron chi connectivity index (χ2n) is 4.47. The van der Waals surface area contributed by atoms with Crippen molar-refractivity contribution in [2.75, 3.05) is 0 Å². The Morgan fingerprint density at radius 1 is 1.21 bits per heavy atom. The molecular weight excluding hydrogens is 264 g/mol. The highest BCUT2D eigenvalue weighted by molar-refractivity contribution is 6.67. The molecule has 1 aromatic carbocycles. The monoisotopic (exact) mass is 276 g/mol. The second kappa shape index (κ2) is 4.97. The maximum Gasteiger partial charge on any atom is 0.276 e. The molecule has 4 nitrogen and oxygen atoms in total. The number of carbonyl (C=O) groups excluding carboxylic acids is 1. The molecule has 2 aromatic rings. The fourth-order valence-corrected chi connectivity index (χ4v) is 2.10. The Hall–Kier alpha value is -1.94. The number of benzene rings is 1. The van der Waals surface area contributed by atoms with E-state index in [0.29, 0.717) is 5.69 Å². The van der Waals surface area contributed by atoms with Gasteiger partial charge in [-0.05, 0) is 44.0 Å². The van der Waals surface area contributed by atoms with Gasteiger partial charge in [0, 0.05) is 11.8 Å². The molecule has 1 aromatic heterocycles. The first-order chi connectivity index (χ1) is 8.90.